The lowest BCUT2D eigenvalue weighted by Gasteiger charge is -2.21. The maximum absolute atomic E-state index is 11.8. The summed E-state index contributed by atoms with van der Waals surface area (Å²) in [4.78, 5) is 14.1. The Labute approximate surface area is 97.1 Å². The largest absolute Gasteiger partial charge is 0.366 e. The third-order valence-corrected chi connectivity index (χ3v) is 4.04. The smallest absolute Gasteiger partial charge is 0.163 e. The topological polar surface area (TPSA) is 20.3 Å². The molecule has 1 saturated heterocycles. The highest BCUT2D eigenvalue weighted by Gasteiger charge is 2.27. The van der Waals surface area contributed by atoms with Gasteiger partial charge in [0.25, 0.3) is 0 Å². The molecule has 1 rings (SSSR count). The van der Waals surface area contributed by atoms with Crippen LogP contribution >= 0.6 is 11.8 Å². The predicted octanol–water partition coefficient (Wildman–Crippen LogP) is 2.90. The molecule has 1 aliphatic rings. The fourth-order valence-electron chi connectivity index (χ4n) is 1.44. The van der Waals surface area contributed by atoms with Crippen molar-refractivity contribution in [1.29, 1.82) is 0 Å². The highest BCUT2D eigenvalue weighted by molar-refractivity contribution is 8.03. The zero-order valence-corrected chi connectivity index (χ0v) is 11.1. The number of hydrogen-bond donors (Lipinski definition) is 0. The van der Waals surface area contributed by atoms with Crippen LogP contribution in [0.2, 0.25) is 0 Å². The molecule has 0 radical (unpaired) electrons. The van der Waals surface area contributed by atoms with E-state index in [-0.39, 0.29) is 11.2 Å². The van der Waals surface area contributed by atoms with Gasteiger partial charge in [0.1, 0.15) is 0 Å². The Morgan fingerprint density at radius 3 is 2.60 bits per heavy atom. The number of nitrogens with zero attached hydrogens (tertiary/aromatic N) is 1. The van der Waals surface area contributed by atoms with Gasteiger partial charge in [-0.15, -0.1) is 11.8 Å². The SMILES string of the molecule is CCC1CSC(=CC(=O)C(C)(C)C)N1C. The van der Waals surface area contributed by atoms with Crippen molar-refractivity contribution in [2.24, 2.45) is 5.41 Å². The van der Waals surface area contributed by atoms with Crippen molar-refractivity contribution in [3.63, 3.8) is 0 Å². The number of rotatable bonds is 2. The van der Waals surface area contributed by atoms with E-state index < -0.39 is 0 Å². The zero-order chi connectivity index (χ0) is 11.6. The van der Waals surface area contributed by atoms with Gasteiger partial charge in [-0.3, -0.25) is 4.79 Å². The van der Waals surface area contributed by atoms with E-state index in [2.05, 4.69) is 18.9 Å². The van der Waals surface area contributed by atoms with Crippen LogP contribution < -0.4 is 0 Å². The summed E-state index contributed by atoms with van der Waals surface area (Å²) in [5.41, 5.74) is -0.265. The van der Waals surface area contributed by atoms with E-state index in [4.69, 9.17) is 0 Å². The van der Waals surface area contributed by atoms with E-state index in [0.717, 1.165) is 17.2 Å². The van der Waals surface area contributed by atoms with Gasteiger partial charge in [0.05, 0.1) is 5.03 Å². The summed E-state index contributed by atoms with van der Waals surface area (Å²) >= 11 is 1.79. The summed E-state index contributed by atoms with van der Waals surface area (Å²) in [6.45, 7) is 8.08. The maximum Gasteiger partial charge on any atom is 0.163 e. The lowest BCUT2D eigenvalue weighted by atomic mass is 9.91. The molecule has 0 aromatic rings. The molecule has 0 aliphatic carbocycles. The van der Waals surface area contributed by atoms with Gasteiger partial charge in [-0.25, -0.2) is 0 Å². The second-order valence-corrected chi connectivity index (χ2v) is 6.12. The van der Waals surface area contributed by atoms with Gasteiger partial charge in [-0.2, -0.15) is 0 Å². The van der Waals surface area contributed by atoms with Crippen LogP contribution in [-0.2, 0) is 4.79 Å². The van der Waals surface area contributed by atoms with Gasteiger partial charge >= 0.3 is 0 Å². The summed E-state index contributed by atoms with van der Waals surface area (Å²) in [5.74, 6) is 1.32. The van der Waals surface area contributed by atoms with Crippen LogP contribution in [-0.4, -0.2) is 29.5 Å². The summed E-state index contributed by atoms with van der Waals surface area (Å²) in [5, 5.41) is 1.13. The fourth-order valence-corrected chi connectivity index (χ4v) is 2.80. The summed E-state index contributed by atoms with van der Waals surface area (Å²) in [7, 11) is 2.08. The number of carbonyl (C=O) groups is 1. The Balaban J connectivity index is 2.74. The van der Waals surface area contributed by atoms with Crippen LogP contribution in [0.25, 0.3) is 0 Å². The van der Waals surface area contributed by atoms with E-state index in [1.807, 2.05) is 20.8 Å². The minimum atomic E-state index is -0.265. The second kappa shape index (κ2) is 4.60. The molecule has 0 saturated carbocycles. The van der Waals surface area contributed by atoms with Gasteiger partial charge in [0.15, 0.2) is 5.78 Å². The fraction of sp³-hybridized carbons (Fsp3) is 0.750. The van der Waals surface area contributed by atoms with Gasteiger partial charge in [-0.05, 0) is 6.42 Å². The number of hydrogen-bond acceptors (Lipinski definition) is 3. The van der Waals surface area contributed by atoms with E-state index >= 15 is 0 Å². The van der Waals surface area contributed by atoms with Crippen LogP contribution in [0.4, 0.5) is 0 Å². The molecule has 1 heterocycles. The van der Waals surface area contributed by atoms with Crippen molar-refractivity contribution in [3.05, 3.63) is 11.1 Å². The molecule has 0 N–H and O–H groups in total. The molecule has 15 heavy (non-hydrogen) atoms. The van der Waals surface area contributed by atoms with E-state index in [1.54, 1.807) is 17.8 Å². The van der Waals surface area contributed by atoms with Crippen molar-refractivity contribution in [2.75, 3.05) is 12.8 Å². The lowest BCUT2D eigenvalue weighted by molar-refractivity contribution is -0.121. The molecule has 1 atom stereocenters. The van der Waals surface area contributed by atoms with Crippen molar-refractivity contribution in [1.82, 2.24) is 4.90 Å². The molecule has 1 unspecified atom stereocenters. The Morgan fingerprint density at radius 1 is 1.60 bits per heavy atom. The van der Waals surface area contributed by atoms with Crippen molar-refractivity contribution >= 4 is 17.5 Å². The highest BCUT2D eigenvalue weighted by atomic mass is 32.2. The summed E-state index contributed by atoms with van der Waals surface area (Å²) < 4.78 is 0. The standard InChI is InChI=1S/C12H21NOS/c1-6-9-8-15-11(13(9)5)7-10(14)12(2,3)4/h7,9H,6,8H2,1-5H3. The summed E-state index contributed by atoms with van der Waals surface area (Å²) in [6.07, 6.45) is 2.95. The average Bonchev–Trinajstić information content (AvgIpc) is 2.46. The first-order valence-corrected chi connectivity index (χ1v) is 6.46. The minimum absolute atomic E-state index is 0.216. The molecular formula is C12H21NOS. The molecule has 1 aliphatic heterocycles. The van der Waals surface area contributed by atoms with Crippen molar-refractivity contribution in [3.8, 4) is 0 Å². The van der Waals surface area contributed by atoms with Crippen molar-refractivity contribution in [2.45, 2.75) is 40.2 Å². The molecule has 0 aromatic carbocycles. The van der Waals surface area contributed by atoms with E-state index in [0.29, 0.717) is 6.04 Å². The maximum atomic E-state index is 11.8. The lowest BCUT2D eigenvalue weighted by Crippen LogP contribution is -2.26. The molecule has 0 spiro atoms. The molecule has 0 aromatic heterocycles. The van der Waals surface area contributed by atoms with Crippen molar-refractivity contribution < 1.29 is 4.79 Å². The first-order valence-electron chi connectivity index (χ1n) is 5.48. The highest BCUT2D eigenvalue weighted by Crippen LogP contribution is 2.33. The number of carbonyl (C=O) groups excluding carboxylic acids is 1. The van der Waals surface area contributed by atoms with Crippen LogP contribution in [0.15, 0.2) is 11.1 Å². The normalized spacial score (nSPS) is 25.0. The minimum Gasteiger partial charge on any atom is -0.366 e. The van der Waals surface area contributed by atoms with E-state index in [9.17, 15) is 4.79 Å². The number of allylic oxidation sites excluding steroid dienone is 1. The molecular weight excluding hydrogens is 206 g/mol. The second-order valence-electron chi connectivity index (χ2n) is 5.08. The van der Waals surface area contributed by atoms with Crippen LogP contribution in [0.1, 0.15) is 34.1 Å². The zero-order valence-electron chi connectivity index (χ0n) is 10.3. The quantitative estimate of drug-likeness (QED) is 0.677. The molecule has 3 heteroatoms. The van der Waals surface area contributed by atoms with Gasteiger partial charge < -0.3 is 4.90 Å². The monoisotopic (exact) mass is 227 g/mol. The first-order chi connectivity index (χ1) is 6.86. The molecule has 0 bridgehead atoms. The van der Waals surface area contributed by atoms with E-state index in [1.165, 1.54) is 0 Å². The first kappa shape index (κ1) is 12.6. The van der Waals surface area contributed by atoms with Gasteiger partial charge in [0.2, 0.25) is 0 Å². The Bertz CT molecular complexity index is 278. The molecule has 86 valence electrons. The Kier molecular flexibility index (Phi) is 3.87. The molecule has 2 nitrogen and oxygen atoms in total. The molecule has 0 amide bonds. The number of ketones is 1. The summed E-state index contributed by atoms with van der Waals surface area (Å²) in [6, 6.07) is 0.592. The predicted molar refractivity (Wildman–Crippen MR) is 66.8 cm³/mol. The average molecular weight is 227 g/mol. The van der Waals surface area contributed by atoms with Crippen LogP contribution in [0.5, 0.6) is 0 Å². The number of thioether (sulfide) groups is 1. The Morgan fingerprint density at radius 2 is 2.20 bits per heavy atom. The van der Waals surface area contributed by atoms with Crippen LogP contribution in [0, 0.1) is 5.41 Å². The van der Waals surface area contributed by atoms with Gasteiger partial charge in [0, 0.05) is 30.3 Å². The van der Waals surface area contributed by atoms with Gasteiger partial charge in [-0.1, -0.05) is 27.7 Å². The third kappa shape index (κ3) is 3.00. The molecule has 1 fully saturated rings. The Hall–Kier alpha value is -0.440. The third-order valence-electron chi connectivity index (χ3n) is 2.78. The van der Waals surface area contributed by atoms with Crippen LogP contribution in [0.3, 0.4) is 0 Å².